The minimum absolute atomic E-state index is 0.0775. The van der Waals surface area contributed by atoms with Gasteiger partial charge in [0.25, 0.3) is 0 Å². The SMILES string of the molecule is Cn1cnnc1C1CCN(c2c(C#N)cc(C(F)(F)F)cc2-c2ccc(F)nc2)CC1. The van der Waals surface area contributed by atoms with Crippen LogP contribution >= 0.6 is 0 Å². The third-order valence-electron chi connectivity index (χ3n) is 5.52. The maximum absolute atomic E-state index is 13.5. The van der Waals surface area contributed by atoms with E-state index in [-0.39, 0.29) is 17.0 Å². The standard InChI is InChI=1S/C21H18F4N6/c1-30-12-28-29-20(30)13-4-6-31(7-5-13)19-15(10-26)8-16(21(23,24)25)9-17(19)14-2-3-18(22)27-11-14/h2-3,8-9,11-13H,4-7H2,1H3. The molecule has 0 unspecified atom stereocenters. The molecule has 1 fully saturated rings. The van der Waals surface area contributed by atoms with Crippen molar-refractivity contribution in [3.63, 3.8) is 0 Å². The summed E-state index contributed by atoms with van der Waals surface area (Å²) in [5, 5.41) is 17.7. The number of hydrogen-bond donors (Lipinski definition) is 0. The average molecular weight is 430 g/mol. The minimum Gasteiger partial charge on any atom is -0.370 e. The van der Waals surface area contributed by atoms with Gasteiger partial charge in [-0.2, -0.15) is 22.8 Å². The second-order valence-electron chi connectivity index (χ2n) is 7.46. The number of hydrogen-bond acceptors (Lipinski definition) is 5. The molecule has 0 atom stereocenters. The molecular formula is C21H18F4N6. The van der Waals surface area contributed by atoms with Crippen molar-refractivity contribution in [2.45, 2.75) is 24.9 Å². The van der Waals surface area contributed by atoms with Crippen LogP contribution in [0.1, 0.15) is 35.7 Å². The first-order chi connectivity index (χ1) is 14.8. The molecule has 0 saturated carbocycles. The van der Waals surface area contributed by atoms with E-state index in [9.17, 15) is 22.8 Å². The van der Waals surface area contributed by atoms with E-state index in [1.807, 2.05) is 22.6 Å². The summed E-state index contributed by atoms with van der Waals surface area (Å²) in [6, 6.07) is 6.24. The molecular weight excluding hydrogens is 412 g/mol. The van der Waals surface area contributed by atoms with Gasteiger partial charge in [0.2, 0.25) is 5.95 Å². The first-order valence-corrected chi connectivity index (χ1v) is 9.64. The van der Waals surface area contributed by atoms with Crippen LogP contribution in [0.25, 0.3) is 11.1 Å². The van der Waals surface area contributed by atoms with Crippen LogP contribution in [0.2, 0.25) is 0 Å². The number of rotatable bonds is 3. The van der Waals surface area contributed by atoms with Gasteiger partial charge in [-0.1, -0.05) is 0 Å². The highest BCUT2D eigenvalue weighted by Crippen LogP contribution is 2.41. The minimum atomic E-state index is -4.62. The number of pyridine rings is 1. The highest BCUT2D eigenvalue weighted by molar-refractivity contribution is 5.83. The zero-order valence-electron chi connectivity index (χ0n) is 16.6. The van der Waals surface area contributed by atoms with E-state index < -0.39 is 17.7 Å². The lowest BCUT2D eigenvalue weighted by Gasteiger charge is -2.35. The quantitative estimate of drug-likeness (QED) is 0.458. The van der Waals surface area contributed by atoms with E-state index in [1.54, 1.807) is 6.33 Å². The first-order valence-electron chi connectivity index (χ1n) is 9.64. The molecule has 31 heavy (non-hydrogen) atoms. The van der Waals surface area contributed by atoms with E-state index >= 15 is 0 Å². The molecule has 1 aliphatic heterocycles. The number of nitrogens with zero attached hydrogens (tertiary/aromatic N) is 6. The Labute approximate surface area is 175 Å². The van der Waals surface area contributed by atoms with Gasteiger partial charge in [0, 0.05) is 43.4 Å². The Hall–Kier alpha value is -3.48. The Morgan fingerprint density at radius 3 is 2.45 bits per heavy atom. The smallest absolute Gasteiger partial charge is 0.370 e. The number of anilines is 1. The molecule has 3 aromatic rings. The molecule has 2 aromatic heterocycles. The predicted molar refractivity (Wildman–Crippen MR) is 105 cm³/mol. The van der Waals surface area contributed by atoms with Crippen molar-refractivity contribution in [3.8, 4) is 17.2 Å². The van der Waals surface area contributed by atoms with Gasteiger partial charge in [-0.05, 0) is 37.1 Å². The van der Waals surface area contributed by atoms with E-state index in [0.29, 0.717) is 37.2 Å². The van der Waals surface area contributed by atoms with Crippen molar-refractivity contribution in [2.75, 3.05) is 18.0 Å². The van der Waals surface area contributed by atoms with Crippen molar-refractivity contribution < 1.29 is 17.6 Å². The van der Waals surface area contributed by atoms with Crippen molar-refractivity contribution in [1.82, 2.24) is 19.7 Å². The van der Waals surface area contributed by atoms with Crippen LogP contribution in [-0.2, 0) is 13.2 Å². The first kappa shape index (κ1) is 20.8. The highest BCUT2D eigenvalue weighted by atomic mass is 19.4. The molecule has 1 aliphatic rings. The van der Waals surface area contributed by atoms with Crippen molar-refractivity contribution >= 4 is 5.69 Å². The van der Waals surface area contributed by atoms with Crippen LogP contribution in [0.4, 0.5) is 23.2 Å². The van der Waals surface area contributed by atoms with Gasteiger partial charge >= 0.3 is 6.18 Å². The summed E-state index contributed by atoms with van der Waals surface area (Å²) in [5.41, 5.74) is -0.0851. The number of alkyl halides is 3. The van der Waals surface area contributed by atoms with Gasteiger partial charge in [0.05, 0.1) is 16.8 Å². The fourth-order valence-electron chi connectivity index (χ4n) is 4.00. The molecule has 0 aliphatic carbocycles. The molecule has 0 spiro atoms. The third-order valence-corrected chi connectivity index (χ3v) is 5.52. The number of aryl methyl sites for hydroxylation is 1. The fraction of sp³-hybridized carbons (Fsp3) is 0.333. The number of nitriles is 1. The van der Waals surface area contributed by atoms with Crippen molar-refractivity contribution in [2.24, 2.45) is 7.05 Å². The molecule has 0 bridgehead atoms. The van der Waals surface area contributed by atoms with Gasteiger partial charge in [0.15, 0.2) is 0 Å². The largest absolute Gasteiger partial charge is 0.416 e. The Bertz CT molecular complexity index is 1120. The van der Waals surface area contributed by atoms with Crippen LogP contribution in [0, 0.1) is 17.3 Å². The number of halogens is 4. The molecule has 3 heterocycles. The lowest BCUT2D eigenvalue weighted by molar-refractivity contribution is -0.137. The highest BCUT2D eigenvalue weighted by Gasteiger charge is 2.34. The molecule has 4 rings (SSSR count). The van der Waals surface area contributed by atoms with Crippen molar-refractivity contribution in [1.29, 1.82) is 5.26 Å². The summed E-state index contributed by atoms with van der Waals surface area (Å²) in [5.74, 6) is 0.289. The summed E-state index contributed by atoms with van der Waals surface area (Å²) >= 11 is 0. The number of aromatic nitrogens is 4. The zero-order chi connectivity index (χ0) is 22.2. The van der Waals surface area contributed by atoms with Crippen LogP contribution in [0.3, 0.4) is 0 Å². The van der Waals surface area contributed by atoms with Gasteiger partial charge < -0.3 is 9.47 Å². The van der Waals surface area contributed by atoms with Gasteiger partial charge in [-0.25, -0.2) is 4.98 Å². The molecule has 1 aromatic carbocycles. The van der Waals surface area contributed by atoms with Crippen LogP contribution < -0.4 is 4.90 Å². The maximum atomic E-state index is 13.5. The molecule has 0 N–H and O–H groups in total. The predicted octanol–water partition coefficient (Wildman–Crippen LogP) is 4.29. The fourth-order valence-corrected chi connectivity index (χ4v) is 4.00. The molecule has 160 valence electrons. The van der Waals surface area contributed by atoms with E-state index in [2.05, 4.69) is 15.2 Å². The van der Waals surface area contributed by atoms with Crippen LogP contribution in [0.5, 0.6) is 0 Å². The molecule has 1 saturated heterocycles. The third kappa shape index (κ3) is 4.08. The summed E-state index contributed by atoms with van der Waals surface area (Å²) in [6.45, 7) is 1.05. The van der Waals surface area contributed by atoms with E-state index in [4.69, 9.17) is 0 Å². The topological polar surface area (TPSA) is 70.6 Å². The molecule has 0 radical (unpaired) electrons. The van der Waals surface area contributed by atoms with Crippen LogP contribution in [0.15, 0.2) is 36.8 Å². The summed E-state index contributed by atoms with van der Waals surface area (Å²) in [7, 11) is 1.87. The number of piperidine rings is 1. The normalized spacial score (nSPS) is 15.2. The maximum Gasteiger partial charge on any atom is 0.416 e. The van der Waals surface area contributed by atoms with E-state index in [0.717, 1.165) is 24.0 Å². The molecule has 6 nitrogen and oxygen atoms in total. The van der Waals surface area contributed by atoms with Gasteiger partial charge in [0.1, 0.15) is 18.2 Å². The summed E-state index contributed by atoms with van der Waals surface area (Å²) < 4.78 is 55.6. The van der Waals surface area contributed by atoms with Gasteiger partial charge in [-0.15, -0.1) is 10.2 Å². The molecule has 0 amide bonds. The second kappa shape index (κ2) is 7.98. The second-order valence-corrected chi connectivity index (χ2v) is 7.46. The summed E-state index contributed by atoms with van der Waals surface area (Å²) in [4.78, 5) is 5.48. The Balaban J connectivity index is 1.75. The zero-order valence-corrected chi connectivity index (χ0v) is 16.6. The Morgan fingerprint density at radius 2 is 1.90 bits per heavy atom. The average Bonchev–Trinajstić information content (AvgIpc) is 3.18. The number of benzene rings is 1. The van der Waals surface area contributed by atoms with Gasteiger partial charge in [-0.3, -0.25) is 0 Å². The Morgan fingerprint density at radius 1 is 1.16 bits per heavy atom. The molecule has 10 heteroatoms. The monoisotopic (exact) mass is 430 g/mol. The summed E-state index contributed by atoms with van der Waals surface area (Å²) in [6.07, 6.45) is -0.392. The van der Waals surface area contributed by atoms with Crippen molar-refractivity contribution in [3.05, 3.63) is 59.7 Å². The lowest BCUT2D eigenvalue weighted by atomic mass is 9.92. The van der Waals surface area contributed by atoms with E-state index in [1.165, 1.54) is 12.3 Å². The Kier molecular flexibility index (Phi) is 5.35. The van der Waals surface area contributed by atoms with Crippen LogP contribution in [-0.4, -0.2) is 32.8 Å². The lowest BCUT2D eigenvalue weighted by Crippen LogP contribution is -2.34.